The van der Waals surface area contributed by atoms with Gasteiger partial charge in [0, 0.05) is 18.5 Å². The van der Waals surface area contributed by atoms with Crippen molar-refractivity contribution in [1.82, 2.24) is 9.97 Å². The van der Waals surface area contributed by atoms with Crippen molar-refractivity contribution < 1.29 is 9.13 Å². The van der Waals surface area contributed by atoms with Crippen LogP contribution in [0.3, 0.4) is 0 Å². The highest BCUT2D eigenvalue weighted by Crippen LogP contribution is 2.25. The third-order valence-electron chi connectivity index (χ3n) is 1.87. The van der Waals surface area contributed by atoms with Crippen LogP contribution in [0.15, 0.2) is 41.1 Å². The second-order valence-corrected chi connectivity index (χ2v) is 3.88. The van der Waals surface area contributed by atoms with Gasteiger partial charge in [-0.3, -0.25) is 0 Å². The number of benzene rings is 1. The number of hydrogen-bond donors (Lipinski definition) is 0. The molecule has 0 amide bonds. The molecule has 1 heterocycles. The Labute approximate surface area is 100 Å². The molecule has 2 aromatic rings. The van der Waals surface area contributed by atoms with Gasteiger partial charge in [-0.15, -0.1) is 0 Å². The Morgan fingerprint density at radius 1 is 1.25 bits per heavy atom. The molecule has 0 radical (unpaired) electrons. The molecule has 0 atom stereocenters. The van der Waals surface area contributed by atoms with Crippen LogP contribution in [0.2, 0.25) is 0 Å². The number of nitrogens with zero attached hydrogens (tertiary/aromatic N) is 2. The topological polar surface area (TPSA) is 35.0 Å². The van der Waals surface area contributed by atoms with E-state index < -0.39 is 0 Å². The lowest BCUT2D eigenvalue weighted by molar-refractivity contribution is 0.292. The third-order valence-corrected chi connectivity index (χ3v) is 2.52. The van der Waals surface area contributed by atoms with Crippen molar-refractivity contribution in [1.29, 1.82) is 0 Å². The normalized spacial score (nSPS) is 10.1. The summed E-state index contributed by atoms with van der Waals surface area (Å²) in [6.45, 7) is 0.211. The minimum Gasteiger partial charge on any atom is -0.484 e. The summed E-state index contributed by atoms with van der Waals surface area (Å²) < 4.78 is 19.0. The average Bonchev–Trinajstić information content (AvgIpc) is 2.32. The van der Waals surface area contributed by atoms with Crippen LogP contribution in [-0.4, -0.2) is 9.97 Å². The maximum atomic E-state index is 12.9. The molecular formula is C11H8BrFN2O. The van der Waals surface area contributed by atoms with E-state index in [0.717, 1.165) is 0 Å². The summed E-state index contributed by atoms with van der Waals surface area (Å²) >= 11 is 3.27. The molecule has 0 unspecified atom stereocenters. The monoisotopic (exact) mass is 282 g/mol. The lowest BCUT2D eigenvalue weighted by atomic mass is 10.3. The van der Waals surface area contributed by atoms with Crippen LogP contribution in [0.25, 0.3) is 0 Å². The number of aromatic nitrogens is 2. The van der Waals surface area contributed by atoms with E-state index in [1.165, 1.54) is 12.1 Å². The van der Waals surface area contributed by atoms with Crippen molar-refractivity contribution in [2.24, 2.45) is 0 Å². The minimum absolute atomic E-state index is 0.211. The van der Waals surface area contributed by atoms with E-state index in [1.807, 2.05) is 0 Å². The van der Waals surface area contributed by atoms with Gasteiger partial charge in [-0.25, -0.2) is 14.4 Å². The molecule has 2 rings (SSSR count). The summed E-state index contributed by atoms with van der Waals surface area (Å²) in [5.41, 5.74) is 0. The quantitative estimate of drug-likeness (QED) is 0.868. The first-order valence-electron chi connectivity index (χ1n) is 4.59. The van der Waals surface area contributed by atoms with Gasteiger partial charge in [0.25, 0.3) is 0 Å². The number of halogens is 2. The van der Waals surface area contributed by atoms with E-state index in [4.69, 9.17) is 4.74 Å². The smallest absolute Gasteiger partial charge is 0.166 e. The number of hydrogen-bond acceptors (Lipinski definition) is 3. The molecule has 1 aromatic carbocycles. The molecule has 82 valence electrons. The number of ether oxygens (including phenoxy) is 1. The van der Waals surface area contributed by atoms with E-state index in [1.54, 1.807) is 24.5 Å². The summed E-state index contributed by atoms with van der Waals surface area (Å²) in [5.74, 6) is 0.651. The zero-order valence-electron chi connectivity index (χ0n) is 8.23. The Kier molecular flexibility index (Phi) is 3.46. The largest absolute Gasteiger partial charge is 0.484 e. The Bertz CT molecular complexity index is 479. The third kappa shape index (κ3) is 2.76. The van der Waals surface area contributed by atoms with Crippen molar-refractivity contribution in [3.05, 3.63) is 52.8 Å². The summed E-state index contributed by atoms with van der Waals surface area (Å²) in [7, 11) is 0. The van der Waals surface area contributed by atoms with Gasteiger partial charge in [0.15, 0.2) is 5.82 Å². The molecule has 0 aliphatic carbocycles. The Morgan fingerprint density at radius 2 is 2.00 bits per heavy atom. The van der Waals surface area contributed by atoms with Crippen LogP contribution < -0.4 is 4.74 Å². The van der Waals surface area contributed by atoms with E-state index in [0.29, 0.717) is 16.0 Å². The molecule has 0 aliphatic heterocycles. The van der Waals surface area contributed by atoms with E-state index in [9.17, 15) is 4.39 Å². The molecule has 3 nitrogen and oxygen atoms in total. The highest BCUT2D eigenvalue weighted by atomic mass is 79.9. The second kappa shape index (κ2) is 5.03. The van der Waals surface area contributed by atoms with Gasteiger partial charge in [0.2, 0.25) is 0 Å². The van der Waals surface area contributed by atoms with Crippen LogP contribution in [0, 0.1) is 5.82 Å². The fraction of sp³-hybridized carbons (Fsp3) is 0.0909. The van der Waals surface area contributed by atoms with Gasteiger partial charge >= 0.3 is 0 Å². The Balaban J connectivity index is 2.08. The lowest BCUT2D eigenvalue weighted by Crippen LogP contribution is -2.00. The zero-order valence-corrected chi connectivity index (χ0v) is 9.82. The second-order valence-electron chi connectivity index (χ2n) is 3.03. The fourth-order valence-electron chi connectivity index (χ4n) is 1.13. The van der Waals surface area contributed by atoms with E-state index in [-0.39, 0.29) is 12.4 Å². The molecule has 16 heavy (non-hydrogen) atoms. The van der Waals surface area contributed by atoms with Crippen molar-refractivity contribution >= 4 is 15.9 Å². The first-order valence-corrected chi connectivity index (χ1v) is 5.39. The van der Waals surface area contributed by atoms with Crippen LogP contribution in [0.1, 0.15) is 5.82 Å². The molecule has 1 aromatic heterocycles. The molecule has 0 N–H and O–H groups in total. The summed E-state index contributed by atoms with van der Waals surface area (Å²) in [5, 5.41) is 0. The molecule has 0 spiro atoms. The first kappa shape index (κ1) is 11.0. The molecular weight excluding hydrogens is 275 g/mol. The van der Waals surface area contributed by atoms with E-state index >= 15 is 0 Å². The summed E-state index contributed by atoms with van der Waals surface area (Å²) in [4.78, 5) is 8.00. The molecule has 0 aliphatic rings. The highest BCUT2D eigenvalue weighted by Gasteiger charge is 2.04. The van der Waals surface area contributed by atoms with Gasteiger partial charge in [-0.05, 0) is 34.1 Å². The van der Waals surface area contributed by atoms with Crippen molar-refractivity contribution in [3.8, 4) is 5.75 Å². The predicted molar refractivity (Wildman–Crippen MR) is 60.5 cm³/mol. The lowest BCUT2D eigenvalue weighted by Gasteiger charge is -2.06. The maximum Gasteiger partial charge on any atom is 0.166 e. The minimum atomic E-state index is -0.341. The van der Waals surface area contributed by atoms with Gasteiger partial charge in [0.1, 0.15) is 18.2 Å². The molecule has 0 bridgehead atoms. The predicted octanol–water partition coefficient (Wildman–Crippen LogP) is 2.96. The van der Waals surface area contributed by atoms with Crippen LogP contribution in [-0.2, 0) is 6.61 Å². The number of rotatable bonds is 3. The van der Waals surface area contributed by atoms with Crippen molar-refractivity contribution in [2.45, 2.75) is 6.61 Å². The molecule has 0 saturated carbocycles. The SMILES string of the molecule is Fc1ccc(Br)c(OCc2ncccn2)c1. The Morgan fingerprint density at radius 3 is 2.75 bits per heavy atom. The van der Waals surface area contributed by atoms with E-state index in [2.05, 4.69) is 25.9 Å². The zero-order chi connectivity index (χ0) is 11.4. The van der Waals surface area contributed by atoms with Gasteiger partial charge in [0.05, 0.1) is 4.47 Å². The average molecular weight is 283 g/mol. The highest BCUT2D eigenvalue weighted by molar-refractivity contribution is 9.10. The van der Waals surface area contributed by atoms with Crippen LogP contribution in [0.4, 0.5) is 4.39 Å². The van der Waals surface area contributed by atoms with Gasteiger partial charge in [-0.2, -0.15) is 0 Å². The molecule has 0 fully saturated rings. The Hall–Kier alpha value is -1.49. The standard InChI is InChI=1S/C11H8BrFN2O/c12-9-3-2-8(13)6-10(9)16-7-11-14-4-1-5-15-11/h1-6H,7H2. The maximum absolute atomic E-state index is 12.9. The molecule has 0 saturated heterocycles. The van der Waals surface area contributed by atoms with Gasteiger partial charge in [-0.1, -0.05) is 0 Å². The molecule has 5 heteroatoms. The summed E-state index contributed by atoms with van der Waals surface area (Å²) in [6.07, 6.45) is 3.26. The first-order chi connectivity index (χ1) is 7.75. The van der Waals surface area contributed by atoms with Crippen LogP contribution in [0.5, 0.6) is 5.75 Å². The van der Waals surface area contributed by atoms with Crippen LogP contribution >= 0.6 is 15.9 Å². The van der Waals surface area contributed by atoms with Crippen molar-refractivity contribution in [3.63, 3.8) is 0 Å². The van der Waals surface area contributed by atoms with Crippen molar-refractivity contribution in [2.75, 3.05) is 0 Å². The van der Waals surface area contributed by atoms with Gasteiger partial charge < -0.3 is 4.74 Å². The fourth-order valence-corrected chi connectivity index (χ4v) is 1.50. The summed E-state index contributed by atoms with van der Waals surface area (Å²) in [6, 6.07) is 5.99.